The van der Waals surface area contributed by atoms with E-state index in [0.29, 0.717) is 5.76 Å². The second kappa shape index (κ2) is 4.44. The molecule has 0 saturated carbocycles. The third-order valence-electron chi connectivity index (χ3n) is 4.99. The molecular formula is C17H16N4O2. The summed E-state index contributed by atoms with van der Waals surface area (Å²) in [5, 5.41) is 4.58. The van der Waals surface area contributed by atoms with Crippen molar-refractivity contribution in [2.45, 2.75) is 38.3 Å². The first-order valence-corrected chi connectivity index (χ1v) is 7.92. The lowest BCUT2D eigenvalue weighted by Gasteiger charge is -2.35. The Morgan fingerprint density at radius 2 is 2.30 bits per heavy atom. The molecule has 5 rings (SSSR count). The molecule has 2 bridgehead atoms. The quantitative estimate of drug-likeness (QED) is 0.693. The summed E-state index contributed by atoms with van der Waals surface area (Å²) >= 11 is 0. The Morgan fingerprint density at radius 3 is 3.13 bits per heavy atom. The molecule has 2 aliphatic heterocycles. The van der Waals surface area contributed by atoms with E-state index in [4.69, 9.17) is 4.42 Å². The number of hydrogen-bond acceptors (Lipinski definition) is 4. The highest BCUT2D eigenvalue weighted by Crippen LogP contribution is 2.44. The maximum Gasteiger partial charge on any atom is 0.290 e. The second-order valence-corrected chi connectivity index (χ2v) is 6.36. The molecule has 0 spiro atoms. The van der Waals surface area contributed by atoms with Gasteiger partial charge >= 0.3 is 0 Å². The van der Waals surface area contributed by atoms with E-state index in [1.807, 2.05) is 28.6 Å². The zero-order chi connectivity index (χ0) is 15.6. The number of carbonyl (C=O) groups is 1. The van der Waals surface area contributed by atoms with E-state index >= 15 is 0 Å². The molecule has 116 valence electrons. The van der Waals surface area contributed by atoms with E-state index in [1.54, 1.807) is 18.4 Å². The smallest absolute Gasteiger partial charge is 0.290 e. The molecule has 3 aromatic heterocycles. The normalized spacial score (nSPS) is 22.6. The highest BCUT2D eigenvalue weighted by Gasteiger charge is 2.44. The number of hydrogen-bond donors (Lipinski definition) is 0. The molecule has 6 nitrogen and oxygen atoms in total. The third kappa shape index (κ3) is 1.72. The molecule has 3 aromatic rings. The van der Waals surface area contributed by atoms with E-state index < -0.39 is 0 Å². The van der Waals surface area contributed by atoms with Crippen LogP contribution in [-0.2, 0) is 6.42 Å². The van der Waals surface area contributed by atoms with Crippen LogP contribution in [0.2, 0.25) is 0 Å². The number of carbonyl (C=O) groups excluding carboxylic acids is 1. The van der Waals surface area contributed by atoms with Crippen molar-refractivity contribution >= 4 is 11.6 Å². The van der Waals surface area contributed by atoms with Crippen LogP contribution in [-0.4, -0.2) is 31.4 Å². The van der Waals surface area contributed by atoms with Gasteiger partial charge in [0.1, 0.15) is 0 Å². The molecule has 0 unspecified atom stereocenters. The van der Waals surface area contributed by atoms with E-state index in [2.05, 4.69) is 10.1 Å². The number of furan rings is 1. The van der Waals surface area contributed by atoms with Gasteiger partial charge in [-0.2, -0.15) is 5.10 Å². The lowest BCUT2D eigenvalue weighted by molar-refractivity contribution is 0.0609. The second-order valence-electron chi connectivity index (χ2n) is 6.36. The summed E-state index contributed by atoms with van der Waals surface area (Å²) in [6.07, 6.45) is 6.26. The zero-order valence-corrected chi connectivity index (χ0v) is 12.8. The Hall–Kier alpha value is -2.63. The molecule has 23 heavy (non-hydrogen) atoms. The van der Waals surface area contributed by atoms with Gasteiger partial charge in [-0.05, 0) is 31.9 Å². The molecular weight excluding hydrogens is 292 g/mol. The summed E-state index contributed by atoms with van der Waals surface area (Å²) in [4.78, 5) is 19.3. The van der Waals surface area contributed by atoms with Crippen LogP contribution < -0.4 is 0 Å². The Kier molecular flexibility index (Phi) is 2.48. The van der Waals surface area contributed by atoms with E-state index in [-0.39, 0.29) is 18.0 Å². The van der Waals surface area contributed by atoms with Crippen LogP contribution in [0.15, 0.2) is 35.1 Å². The summed E-state index contributed by atoms with van der Waals surface area (Å²) < 4.78 is 7.26. The topological polar surface area (TPSA) is 63.6 Å². The van der Waals surface area contributed by atoms with Gasteiger partial charge < -0.3 is 9.32 Å². The van der Waals surface area contributed by atoms with Gasteiger partial charge in [0.05, 0.1) is 23.7 Å². The number of aryl methyl sites for hydroxylation is 1. The highest BCUT2D eigenvalue weighted by atomic mass is 16.3. The van der Waals surface area contributed by atoms with Crippen LogP contribution >= 0.6 is 0 Å². The summed E-state index contributed by atoms with van der Waals surface area (Å²) in [6, 6.07) is 5.76. The summed E-state index contributed by atoms with van der Waals surface area (Å²) in [5.74, 6) is 0.388. The highest BCUT2D eigenvalue weighted by molar-refractivity contribution is 5.92. The van der Waals surface area contributed by atoms with Gasteiger partial charge in [-0.25, -0.2) is 9.50 Å². The van der Waals surface area contributed by atoms with Crippen molar-refractivity contribution in [3.05, 3.63) is 53.4 Å². The van der Waals surface area contributed by atoms with Gasteiger partial charge in [0, 0.05) is 30.3 Å². The van der Waals surface area contributed by atoms with Gasteiger partial charge in [-0.1, -0.05) is 0 Å². The van der Waals surface area contributed by atoms with Crippen LogP contribution in [0.5, 0.6) is 0 Å². The molecule has 1 saturated heterocycles. The fourth-order valence-electron chi connectivity index (χ4n) is 4.04. The lowest BCUT2D eigenvalue weighted by atomic mass is 9.99. The molecule has 0 N–H and O–H groups in total. The van der Waals surface area contributed by atoms with Gasteiger partial charge in [-0.15, -0.1) is 0 Å². The van der Waals surface area contributed by atoms with Crippen LogP contribution in [0.4, 0.5) is 0 Å². The number of rotatable bonds is 1. The first kappa shape index (κ1) is 12.9. The summed E-state index contributed by atoms with van der Waals surface area (Å²) in [6.45, 7) is 1.98. The number of aromatic nitrogens is 3. The van der Waals surface area contributed by atoms with Crippen molar-refractivity contribution in [1.29, 1.82) is 0 Å². The van der Waals surface area contributed by atoms with Crippen molar-refractivity contribution in [2.24, 2.45) is 0 Å². The van der Waals surface area contributed by atoms with Crippen LogP contribution in [0, 0.1) is 6.92 Å². The van der Waals surface area contributed by atoms with Crippen molar-refractivity contribution in [3.63, 3.8) is 0 Å². The molecule has 0 aliphatic carbocycles. The van der Waals surface area contributed by atoms with Crippen LogP contribution in [0.25, 0.3) is 5.65 Å². The van der Waals surface area contributed by atoms with Crippen molar-refractivity contribution < 1.29 is 9.21 Å². The van der Waals surface area contributed by atoms with Crippen molar-refractivity contribution in [1.82, 2.24) is 19.5 Å². The molecule has 2 aliphatic rings. The van der Waals surface area contributed by atoms with Crippen LogP contribution in [0.3, 0.4) is 0 Å². The van der Waals surface area contributed by atoms with Crippen molar-refractivity contribution in [2.75, 3.05) is 0 Å². The molecule has 0 aromatic carbocycles. The largest absolute Gasteiger partial charge is 0.459 e. The van der Waals surface area contributed by atoms with E-state index in [9.17, 15) is 4.79 Å². The minimum atomic E-state index is -0.0232. The molecule has 5 heterocycles. The first-order valence-electron chi connectivity index (χ1n) is 7.92. The third-order valence-corrected chi connectivity index (χ3v) is 4.99. The maximum absolute atomic E-state index is 12.8. The predicted molar refractivity (Wildman–Crippen MR) is 82.1 cm³/mol. The first-order chi connectivity index (χ1) is 11.2. The van der Waals surface area contributed by atoms with Gasteiger partial charge in [-0.3, -0.25) is 4.79 Å². The molecule has 1 fully saturated rings. The monoisotopic (exact) mass is 308 g/mol. The Balaban J connectivity index is 1.63. The van der Waals surface area contributed by atoms with E-state index in [0.717, 1.165) is 36.2 Å². The average Bonchev–Trinajstić information content (AvgIpc) is 3.25. The minimum absolute atomic E-state index is 0.0232. The summed E-state index contributed by atoms with van der Waals surface area (Å²) in [7, 11) is 0. The Labute approximate surface area is 132 Å². The maximum atomic E-state index is 12.8. The number of amides is 1. The zero-order valence-electron chi connectivity index (χ0n) is 12.8. The SMILES string of the molecule is Cc1cc2ncc3c(n2n1)C[C@@H]1CC[C@@H]3N1C(=O)c1ccco1. The minimum Gasteiger partial charge on any atom is -0.459 e. The summed E-state index contributed by atoms with van der Waals surface area (Å²) in [5.41, 5.74) is 4.16. The molecule has 1 amide bonds. The molecule has 2 atom stereocenters. The Bertz CT molecular complexity index is 912. The van der Waals surface area contributed by atoms with Gasteiger partial charge in [0.15, 0.2) is 11.4 Å². The fourth-order valence-corrected chi connectivity index (χ4v) is 4.04. The van der Waals surface area contributed by atoms with Crippen molar-refractivity contribution in [3.8, 4) is 0 Å². The fraction of sp³-hybridized carbons (Fsp3) is 0.353. The van der Waals surface area contributed by atoms with Gasteiger partial charge in [0.25, 0.3) is 5.91 Å². The molecule has 6 heteroatoms. The lowest BCUT2D eigenvalue weighted by Crippen LogP contribution is -2.42. The van der Waals surface area contributed by atoms with Gasteiger partial charge in [0.2, 0.25) is 0 Å². The Morgan fingerprint density at radius 1 is 1.39 bits per heavy atom. The van der Waals surface area contributed by atoms with Crippen LogP contribution in [0.1, 0.15) is 46.4 Å². The standard InChI is InChI=1S/C17H16N4O2/c1-10-7-16-18-9-12-13-5-4-11(8-14(12)21(16)19-10)20(13)17(22)15-3-2-6-23-15/h2-3,6-7,9,11,13H,4-5,8H2,1H3/t11-,13-/m0/s1. The predicted octanol–water partition coefficient (Wildman–Crippen LogP) is 2.53. The van der Waals surface area contributed by atoms with E-state index in [1.165, 1.54) is 5.69 Å². The molecule has 0 radical (unpaired) electrons. The number of fused-ring (bicyclic) bond motifs is 6. The number of nitrogens with zero attached hydrogens (tertiary/aromatic N) is 4. The average molecular weight is 308 g/mol.